The Bertz CT molecular complexity index is 398. The van der Waals surface area contributed by atoms with Gasteiger partial charge >= 0.3 is 0 Å². The van der Waals surface area contributed by atoms with Gasteiger partial charge < -0.3 is 19.9 Å². The molecular formula is C13H19NO3. The molecule has 0 radical (unpaired) electrons. The lowest BCUT2D eigenvalue weighted by molar-refractivity contribution is 0.0436. The van der Waals surface area contributed by atoms with Crippen molar-refractivity contribution in [2.24, 2.45) is 0 Å². The molecule has 0 amide bonds. The van der Waals surface area contributed by atoms with E-state index in [9.17, 15) is 5.11 Å². The molecule has 1 atom stereocenters. The molecule has 17 heavy (non-hydrogen) atoms. The number of fused-ring (bicyclic) bond motifs is 1. The summed E-state index contributed by atoms with van der Waals surface area (Å²) in [5.41, 5.74) is 0.311. The van der Waals surface area contributed by atoms with E-state index in [4.69, 9.17) is 9.47 Å². The van der Waals surface area contributed by atoms with Gasteiger partial charge in [0.25, 0.3) is 0 Å². The van der Waals surface area contributed by atoms with Crippen molar-refractivity contribution in [3.63, 3.8) is 0 Å². The van der Waals surface area contributed by atoms with E-state index < -0.39 is 5.60 Å². The van der Waals surface area contributed by atoms with Gasteiger partial charge in [-0.15, -0.1) is 0 Å². The maximum atomic E-state index is 9.84. The molecule has 0 bridgehead atoms. The zero-order valence-corrected chi connectivity index (χ0v) is 10.5. The monoisotopic (exact) mass is 237 g/mol. The molecule has 4 nitrogen and oxygen atoms in total. The molecule has 1 aliphatic rings. The van der Waals surface area contributed by atoms with E-state index in [-0.39, 0.29) is 12.8 Å². The fraction of sp³-hybridized carbons (Fsp3) is 0.538. The van der Waals surface area contributed by atoms with Crippen LogP contribution in [0.1, 0.15) is 26.3 Å². The van der Waals surface area contributed by atoms with Crippen molar-refractivity contribution in [2.45, 2.75) is 39.0 Å². The van der Waals surface area contributed by atoms with E-state index in [1.54, 1.807) is 13.8 Å². The fourth-order valence-corrected chi connectivity index (χ4v) is 1.64. The van der Waals surface area contributed by atoms with Crippen molar-refractivity contribution in [1.29, 1.82) is 0 Å². The summed E-state index contributed by atoms with van der Waals surface area (Å²) in [4.78, 5) is 0. The highest BCUT2D eigenvalue weighted by atomic mass is 16.7. The maximum Gasteiger partial charge on any atom is 0.231 e. The number of rotatable bonds is 4. The molecule has 0 spiro atoms. The van der Waals surface area contributed by atoms with Crippen LogP contribution in [0.3, 0.4) is 0 Å². The maximum absolute atomic E-state index is 9.84. The minimum atomic E-state index is -0.741. The van der Waals surface area contributed by atoms with E-state index in [0.717, 1.165) is 17.1 Å². The molecule has 1 aromatic carbocycles. The van der Waals surface area contributed by atoms with Gasteiger partial charge in [-0.25, -0.2) is 0 Å². The smallest absolute Gasteiger partial charge is 0.231 e. The Labute approximate surface area is 102 Å². The Morgan fingerprint density at radius 1 is 1.41 bits per heavy atom. The van der Waals surface area contributed by atoms with Crippen molar-refractivity contribution < 1.29 is 14.6 Å². The second-order valence-electron chi connectivity index (χ2n) is 4.91. The third kappa shape index (κ3) is 2.70. The second kappa shape index (κ2) is 4.55. The van der Waals surface area contributed by atoms with Crippen molar-refractivity contribution in [3.05, 3.63) is 23.8 Å². The van der Waals surface area contributed by atoms with Crippen LogP contribution in [0.25, 0.3) is 0 Å². The van der Waals surface area contributed by atoms with Crippen LogP contribution < -0.4 is 14.8 Å². The topological polar surface area (TPSA) is 50.7 Å². The highest BCUT2D eigenvalue weighted by molar-refractivity contribution is 5.48. The van der Waals surface area contributed by atoms with Crippen LogP contribution >= 0.6 is 0 Å². The van der Waals surface area contributed by atoms with Crippen molar-refractivity contribution in [1.82, 2.24) is 5.32 Å². The summed E-state index contributed by atoms with van der Waals surface area (Å²) in [6, 6.07) is 5.84. The van der Waals surface area contributed by atoms with Crippen molar-refractivity contribution >= 4 is 0 Å². The largest absolute Gasteiger partial charge is 0.454 e. The first kappa shape index (κ1) is 12.2. The number of hydrogen-bond donors (Lipinski definition) is 2. The molecule has 2 rings (SSSR count). The molecule has 4 heteroatoms. The standard InChI is InChI=1S/C13H19NO3/c1-9(13(2,3)15)14-7-10-5-4-6-11-12(10)17-8-16-11/h4-6,9,14-15H,7-8H2,1-3H3. The Morgan fingerprint density at radius 2 is 2.18 bits per heavy atom. The van der Waals surface area contributed by atoms with E-state index in [0.29, 0.717) is 6.54 Å². The average Bonchev–Trinajstić information content (AvgIpc) is 2.72. The predicted octanol–water partition coefficient (Wildman–Crippen LogP) is 1.66. The van der Waals surface area contributed by atoms with Gasteiger partial charge in [0, 0.05) is 18.2 Å². The average molecular weight is 237 g/mol. The first-order valence-electron chi connectivity index (χ1n) is 5.82. The summed E-state index contributed by atoms with van der Waals surface area (Å²) in [6.45, 7) is 6.48. The van der Waals surface area contributed by atoms with Gasteiger partial charge in [0.05, 0.1) is 5.60 Å². The lowest BCUT2D eigenvalue weighted by atomic mass is 10.0. The highest BCUT2D eigenvalue weighted by Crippen LogP contribution is 2.35. The van der Waals surface area contributed by atoms with Crippen molar-refractivity contribution in [2.75, 3.05) is 6.79 Å². The fourth-order valence-electron chi connectivity index (χ4n) is 1.64. The third-order valence-electron chi connectivity index (χ3n) is 3.14. The van der Waals surface area contributed by atoms with Gasteiger partial charge in [-0.05, 0) is 26.8 Å². The number of benzene rings is 1. The van der Waals surface area contributed by atoms with Crippen LogP contribution in [0.4, 0.5) is 0 Å². The zero-order chi connectivity index (χ0) is 12.5. The Kier molecular flexibility index (Phi) is 3.26. The molecule has 2 N–H and O–H groups in total. The number of nitrogens with one attached hydrogen (secondary N) is 1. The summed E-state index contributed by atoms with van der Waals surface area (Å²) in [5, 5.41) is 13.1. The minimum Gasteiger partial charge on any atom is -0.454 e. The molecule has 1 aromatic rings. The molecular weight excluding hydrogens is 218 g/mol. The summed E-state index contributed by atoms with van der Waals surface area (Å²) in [7, 11) is 0. The highest BCUT2D eigenvalue weighted by Gasteiger charge is 2.23. The minimum absolute atomic E-state index is 0.000627. The first-order chi connectivity index (χ1) is 7.98. The molecule has 1 heterocycles. The van der Waals surface area contributed by atoms with Crippen LogP contribution in [0.2, 0.25) is 0 Å². The quantitative estimate of drug-likeness (QED) is 0.836. The predicted molar refractivity (Wildman–Crippen MR) is 65.2 cm³/mol. The van der Waals surface area contributed by atoms with Crippen molar-refractivity contribution in [3.8, 4) is 11.5 Å². The summed E-state index contributed by atoms with van der Waals surface area (Å²) in [5.74, 6) is 1.60. The lowest BCUT2D eigenvalue weighted by Gasteiger charge is -2.27. The zero-order valence-electron chi connectivity index (χ0n) is 10.5. The molecule has 0 saturated heterocycles. The Morgan fingerprint density at radius 3 is 2.88 bits per heavy atom. The number of para-hydroxylation sites is 1. The van der Waals surface area contributed by atoms with E-state index in [1.807, 2.05) is 25.1 Å². The molecule has 1 aliphatic heterocycles. The number of ether oxygens (including phenoxy) is 2. The molecule has 0 saturated carbocycles. The van der Waals surface area contributed by atoms with Gasteiger partial charge in [0.2, 0.25) is 6.79 Å². The number of hydrogen-bond acceptors (Lipinski definition) is 4. The lowest BCUT2D eigenvalue weighted by Crippen LogP contribution is -2.44. The SMILES string of the molecule is CC(NCc1cccc2c1OCO2)C(C)(C)O. The Balaban J connectivity index is 2.03. The molecule has 0 aliphatic carbocycles. The van der Waals surface area contributed by atoms with Gasteiger partial charge in [0.15, 0.2) is 11.5 Å². The van der Waals surface area contributed by atoms with Crippen LogP contribution in [-0.4, -0.2) is 23.5 Å². The molecule has 94 valence electrons. The van der Waals surface area contributed by atoms with Crippen LogP contribution in [0, 0.1) is 0 Å². The Hall–Kier alpha value is -1.26. The molecule has 0 aromatic heterocycles. The van der Waals surface area contributed by atoms with Gasteiger partial charge in [-0.1, -0.05) is 12.1 Å². The van der Waals surface area contributed by atoms with Gasteiger partial charge in [0.1, 0.15) is 0 Å². The van der Waals surface area contributed by atoms with Crippen LogP contribution in [0.5, 0.6) is 11.5 Å². The van der Waals surface area contributed by atoms with Crippen LogP contribution in [0.15, 0.2) is 18.2 Å². The van der Waals surface area contributed by atoms with Crippen LogP contribution in [-0.2, 0) is 6.54 Å². The molecule has 0 fully saturated rings. The van der Waals surface area contributed by atoms with E-state index in [2.05, 4.69) is 5.32 Å². The van der Waals surface area contributed by atoms with Gasteiger partial charge in [-0.2, -0.15) is 0 Å². The van der Waals surface area contributed by atoms with Gasteiger partial charge in [-0.3, -0.25) is 0 Å². The summed E-state index contributed by atoms with van der Waals surface area (Å²) >= 11 is 0. The third-order valence-corrected chi connectivity index (χ3v) is 3.14. The second-order valence-corrected chi connectivity index (χ2v) is 4.91. The summed E-state index contributed by atoms with van der Waals surface area (Å²) < 4.78 is 10.7. The first-order valence-corrected chi connectivity index (χ1v) is 5.82. The molecule has 1 unspecified atom stereocenters. The van der Waals surface area contributed by atoms with E-state index >= 15 is 0 Å². The normalized spacial score (nSPS) is 16.0. The summed E-state index contributed by atoms with van der Waals surface area (Å²) in [6.07, 6.45) is 0. The number of aliphatic hydroxyl groups is 1. The van der Waals surface area contributed by atoms with E-state index in [1.165, 1.54) is 0 Å².